The molecule has 0 spiro atoms. The van der Waals surface area contributed by atoms with E-state index in [2.05, 4.69) is 55.7 Å². The highest BCUT2D eigenvalue weighted by molar-refractivity contribution is 7.80. The van der Waals surface area contributed by atoms with Crippen LogP contribution in [0.1, 0.15) is 50.4 Å². The Hall–Kier alpha value is -2.27. The second kappa shape index (κ2) is 8.41. The summed E-state index contributed by atoms with van der Waals surface area (Å²) in [5.74, 6) is 0.580. The molecule has 3 N–H and O–H groups in total. The molecular weight excluding hydrogens is 344 g/mol. The van der Waals surface area contributed by atoms with Crippen molar-refractivity contribution in [3.63, 3.8) is 0 Å². The first kappa shape index (κ1) is 20.0. The Morgan fingerprint density at radius 2 is 1.81 bits per heavy atom. The minimum absolute atomic E-state index is 0.00670. The minimum Gasteiger partial charge on any atom is -0.504 e. The zero-order valence-corrected chi connectivity index (χ0v) is 16.9. The summed E-state index contributed by atoms with van der Waals surface area (Å²) in [7, 11) is 1.54. The van der Waals surface area contributed by atoms with Crippen LogP contribution in [0.3, 0.4) is 0 Å². The number of methoxy groups -OCH3 is 1. The van der Waals surface area contributed by atoms with Crippen molar-refractivity contribution in [3.05, 3.63) is 59.2 Å². The number of phenolic OH excluding ortho intramolecular Hbond substituents is 1. The van der Waals surface area contributed by atoms with Gasteiger partial charge in [0.25, 0.3) is 0 Å². The predicted octanol–water partition coefficient (Wildman–Crippen LogP) is 4.42. The van der Waals surface area contributed by atoms with E-state index >= 15 is 0 Å². The van der Waals surface area contributed by atoms with E-state index in [0.29, 0.717) is 17.4 Å². The quantitative estimate of drug-likeness (QED) is 0.678. The molecule has 0 bridgehead atoms. The van der Waals surface area contributed by atoms with Crippen LogP contribution in [0, 0.1) is 0 Å². The normalized spacial score (nSPS) is 12.3. The van der Waals surface area contributed by atoms with Crippen LogP contribution in [-0.2, 0) is 12.0 Å². The van der Waals surface area contributed by atoms with Crippen molar-refractivity contribution >= 4 is 17.3 Å². The lowest BCUT2D eigenvalue weighted by molar-refractivity contribution is 0.372. The number of hydrogen-bond donors (Lipinski definition) is 3. The molecule has 0 aromatic heterocycles. The number of phenols is 1. The van der Waals surface area contributed by atoms with Gasteiger partial charge in [-0.15, -0.1) is 0 Å². The van der Waals surface area contributed by atoms with Gasteiger partial charge in [-0.2, -0.15) is 0 Å². The van der Waals surface area contributed by atoms with Crippen LogP contribution in [-0.4, -0.2) is 17.3 Å². The van der Waals surface area contributed by atoms with E-state index in [1.54, 1.807) is 12.1 Å². The number of benzene rings is 2. The molecule has 0 saturated carbocycles. The lowest BCUT2D eigenvalue weighted by atomic mass is 9.87. The second-order valence-corrected chi connectivity index (χ2v) is 7.84. The molecule has 0 radical (unpaired) electrons. The molecule has 1 atom stereocenters. The second-order valence-electron chi connectivity index (χ2n) is 7.43. The van der Waals surface area contributed by atoms with E-state index in [1.807, 2.05) is 13.0 Å². The average Bonchev–Trinajstić information content (AvgIpc) is 2.60. The van der Waals surface area contributed by atoms with Gasteiger partial charge in [-0.1, -0.05) is 51.1 Å². The van der Waals surface area contributed by atoms with Crippen molar-refractivity contribution in [1.82, 2.24) is 10.6 Å². The fraction of sp³-hybridized carbons (Fsp3) is 0.381. The van der Waals surface area contributed by atoms with Crippen molar-refractivity contribution in [3.8, 4) is 11.5 Å². The van der Waals surface area contributed by atoms with Crippen LogP contribution in [0.5, 0.6) is 11.5 Å². The molecule has 1 unspecified atom stereocenters. The molecule has 0 fully saturated rings. The van der Waals surface area contributed by atoms with Gasteiger partial charge in [0, 0.05) is 6.54 Å². The van der Waals surface area contributed by atoms with E-state index in [0.717, 1.165) is 5.56 Å². The average molecular weight is 373 g/mol. The topological polar surface area (TPSA) is 53.5 Å². The van der Waals surface area contributed by atoms with Gasteiger partial charge in [-0.05, 0) is 53.4 Å². The monoisotopic (exact) mass is 372 g/mol. The first-order chi connectivity index (χ1) is 12.2. The van der Waals surface area contributed by atoms with E-state index in [-0.39, 0.29) is 17.2 Å². The molecule has 2 aromatic rings. The molecule has 0 aliphatic rings. The SMILES string of the molecule is COc1cc(C(C)NC(=S)NCc2ccc(C(C)(C)C)cc2)ccc1O. The summed E-state index contributed by atoms with van der Waals surface area (Å²) in [5, 5.41) is 16.8. The van der Waals surface area contributed by atoms with Gasteiger partial charge in [0.2, 0.25) is 0 Å². The Morgan fingerprint density at radius 1 is 1.15 bits per heavy atom. The molecule has 0 saturated heterocycles. The van der Waals surface area contributed by atoms with Crippen LogP contribution >= 0.6 is 12.2 Å². The van der Waals surface area contributed by atoms with Gasteiger partial charge in [-0.3, -0.25) is 0 Å². The van der Waals surface area contributed by atoms with Gasteiger partial charge < -0.3 is 20.5 Å². The number of rotatable bonds is 5. The molecular formula is C21H28N2O2S. The summed E-state index contributed by atoms with van der Waals surface area (Å²) in [6.07, 6.45) is 0. The molecule has 26 heavy (non-hydrogen) atoms. The van der Waals surface area contributed by atoms with E-state index in [1.165, 1.54) is 18.2 Å². The third-order valence-corrected chi connectivity index (χ3v) is 4.59. The van der Waals surface area contributed by atoms with Gasteiger partial charge in [0.1, 0.15) is 0 Å². The Labute approximate surface area is 161 Å². The zero-order chi connectivity index (χ0) is 19.3. The van der Waals surface area contributed by atoms with Gasteiger partial charge in [-0.25, -0.2) is 0 Å². The van der Waals surface area contributed by atoms with E-state index in [9.17, 15) is 5.11 Å². The van der Waals surface area contributed by atoms with Crippen molar-refractivity contribution in [1.29, 1.82) is 0 Å². The van der Waals surface area contributed by atoms with Gasteiger partial charge in [0.05, 0.1) is 13.2 Å². The summed E-state index contributed by atoms with van der Waals surface area (Å²) in [4.78, 5) is 0. The standard InChI is InChI=1S/C21H28N2O2S/c1-14(16-8-11-18(24)19(12-16)25-5)23-20(26)22-13-15-6-9-17(10-7-15)21(2,3)4/h6-12,14,24H,13H2,1-5H3,(H2,22,23,26). The predicted molar refractivity (Wildman–Crippen MR) is 111 cm³/mol. The largest absolute Gasteiger partial charge is 0.504 e. The van der Waals surface area contributed by atoms with E-state index in [4.69, 9.17) is 17.0 Å². The molecule has 5 heteroatoms. The molecule has 140 valence electrons. The Morgan fingerprint density at radius 3 is 2.38 bits per heavy atom. The third-order valence-electron chi connectivity index (χ3n) is 4.32. The number of nitrogens with one attached hydrogen (secondary N) is 2. The van der Waals surface area contributed by atoms with Crippen LogP contribution in [0.25, 0.3) is 0 Å². The summed E-state index contributed by atoms with van der Waals surface area (Å²) in [6, 6.07) is 13.9. The molecule has 2 rings (SSSR count). The number of aromatic hydroxyl groups is 1. The first-order valence-electron chi connectivity index (χ1n) is 8.71. The number of ether oxygens (including phenoxy) is 1. The fourth-order valence-corrected chi connectivity index (χ4v) is 2.85. The summed E-state index contributed by atoms with van der Waals surface area (Å²) in [5.41, 5.74) is 3.64. The highest BCUT2D eigenvalue weighted by atomic mass is 32.1. The van der Waals surface area contributed by atoms with Crippen LogP contribution in [0.4, 0.5) is 0 Å². The van der Waals surface area contributed by atoms with Crippen molar-refractivity contribution in [2.75, 3.05) is 7.11 Å². The Balaban J connectivity index is 1.90. The maximum atomic E-state index is 9.70. The lowest BCUT2D eigenvalue weighted by Crippen LogP contribution is -2.36. The maximum absolute atomic E-state index is 9.70. The highest BCUT2D eigenvalue weighted by Crippen LogP contribution is 2.28. The maximum Gasteiger partial charge on any atom is 0.167 e. The zero-order valence-electron chi connectivity index (χ0n) is 16.1. The summed E-state index contributed by atoms with van der Waals surface area (Å²) < 4.78 is 5.15. The Bertz CT molecular complexity index is 752. The van der Waals surface area contributed by atoms with Gasteiger partial charge >= 0.3 is 0 Å². The molecule has 0 amide bonds. The first-order valence-corrected chi connectivity index (χ1v) is 9.12. The highest BCUT2D eigenvalue weighted by Gasteiger charge is 2.13. The molecule has 4 nitrogen and oxygen atoms in total. The van der Waals surface area contributed by atoms with Crippen LogP contribution in [0.2, 0.25) is 0 Å². The summed E-state index contributed by atoms with van der Waals surface area (Å²) in [6.45, 7) is 9.30. The molecule has 0 aliphatic carbocycles. The molecule has 0 aliphatic heterocycles. The molecule has 0 heterocycles. The Kier molecular flexibility index (Phi) is 6.48. The van der Waals surface area contributed by atoms with Gasteiger partial charge in [0.15, 0.2) is 16.6 Å². The fourth-order valence-electron chi connectivity index (χ4n) is 2.60. The number of thiocarbonyl (C=S) groups is 1. The number of hydrogen-bond acceptors (Lipinski definition) is 3. The smallest absolute Gasteiger partial charge is 0.167 e. The van der Waals surface area contributed by atoms with Crippen molar-refractivity contribution in [2.24, 2.45) is 0 Å². The van der Waals surface area contributed by atoms with Crippen LogP contribution in [0.15, 0.2) is 42.5 Å². The van der Waals surface area contributed by atoms with Crippen molar-refractivity contribution in [2.45, 2.75) is 45.7 Å². The lowest BCUT2D eigenvalue weighted by Gasteiger charge is -2.20. The summed E-state index contributed by atoms with van der Waals surface area (Å²) >= 11 is 5.40. The van der Waals surface area contributed by atoms with Crippen molar-refractivity contribution < 1.29 is 9.84 Å². The third kappa shape index (κ3) is 5.36. The van der Waals surface area contributed by atoms with E-state index < -0.39 is 0 Å². The van der Waals surface area contributed by atoms with Crippen LogP contribution < -0.4 is 15.4 Å². The molecule has 2 aromatic carbocycles. The minimum atomic E-state index is -0.00670.